The van der Waals surface area contributed by atoms with Crippen molar-refractivity contribution in [3.8, 4) is 11.3 Å². The van der Waals surface area contributed by atoms with Crippen LogP contribution in [0, 0.1) is 13.8 Å². The molecule has 7 heteroatoms. The Labute approximate surface area is 138 Å². The quantitative estimate of drug-likeness (QED) is 0.938. The summed E-state index contributed by atoms with van der Waals surface area (Å²) in [6.07, 6.45) is -3.83. The molecule has 0 saturated carbocycles. The van der Waals surface area contributed by atoms with Crippen LogP contribution in [0.2, 0.25) is 0 Å². The average molecular weight is 335 g/mol. The lowest BCUT2D eigenvalue weighted by Crippen LogP contribution is -2.48. The molecule has 2 aromatic rings. The molecule has 1 fully saturated rings. The van der Waals surface area contributed by atoms with E-state index in [0.717, 1.165) is 11.1 Å². The van der Waals surface area contributed by atoms with E-state index in [1.165, 1.54) is 10.5 Å². The molecule has 0 bridgehead atoms. The van der Waals surface area contributed by atoms with Gasteiger partial charge in [0.2, 0.25) is 0 Å². The summed E-state index contributed by atoms with van der Waals surface area (Å²) >= 11 is 0. The minimum Gasteiger partial charge on any atom is -0.369 e. The van der Waals surface area contributed by atoms with Gasteiger partial charge >= 0.3 is 0 Å². The predicted octanol–water partition coefficient (Wildman–Crippen LogP) is 2.80. The Balaban J connectivity index is 1.77. The van der Waals surface area contributed by atoms with Gasteiger partial charge in [0.15, 0.2) is 0 Å². The maximum atomic E-state index is 12.8. The van der Waals surface area contributed by atoms with Crippen molar-refractivity contribution < 1.29 is 18.3 Å². The lowest BCUT2D eigenvalue weighted by atomic mass is 10.0. The summed E-state index contributed by atoms with van der Waals surface area (Å²) in [5, 5.41) is 6.89. The normalized spacial score (nSPS) is 18.2. The van der Waals surface area contributed by atoms with E-state index >= 15 is 0 Å². The Hall–Kier alpha value is -2.28. The van der Waals surface area contributed by atoms with Crippen molar-refractivity contribution in [1.29, 1.82) is 0 Å². The van der Waals surface area contributed by atoms with Crippen LogP contribution in [-0.4, -0.2) is 53.2 Å². The Morgan fingerprint density at radius 2 is 2.12 bits per heavy atom. The molecule has 1 saturated heterocycles. The van der Waals surface area contributed by atoms with Gasteiger partial charge in [0.05, 0.1) is 18.8 Å². The summed E-state index contributed by atoms with van der Waals surface area (Å²) in [6, 6.07) is 7.59. The highest BCUT2D eigenvalue weighted by atomic mass is 19.3. The number of rotatable bonds is 3. The number of nitrogens with zero attached hydrogens (tertiary/aromatic N) is 2. The van der Waals surface area contributed by atoms with Crippen LogP contribution in [0.5, 0.6) is 0 Å². The first-order valence-electron chi connectivity index (χ1n) is 7.78. The third kappa shape index (κ3) is 3.31. The number of nitrogens with one attached hydrogen (secondary N) is 1. The first-order chi connectivity index (χ1) is 11.5. The summed E-state index contributed by atoms with van der Waals surface area (Å²) in [5.74, 6) is -0.341. The fraction of sp³-hybridized carbons (Fsp3) is 0.412. The lowest BCUT2D eigenvalue weighted by Gasteiger charge is -2.32. The van der Waals surface area contributed by atoms with Gasteiger partial charge in [-0.2, -0.15) is 5.10 Å². The molecule has 24 heavy (non-hydrogen) atoms. The zero-order valence-corrected chi connectivity index (χ0v) is 13.6. The Morgan fingerprint density at radius 3 is 2.83 bits per heavy atom. The summed E-state index contributed by atoms with van der Waals surface area (Å²) in [7, 11) is 0. The van der Waals surface area contributed by atoms with Gasteiger partial charge in [-0.15, -0.1) is 0 Å². The number of aromatic amines is 1. The summed E-state index contributed by atoms with van der Waals surface area (Å²) < 4.78 is 30.5. The minimum atomic E-state index is -2.60. The molecule has 1 aromatic carbocycles. The van der Waals surface area contributed by atoms with Crippen LogP contribution in [0.15, 0.2) is 24.3 Å². The topological polar surface area (TPSA) is 58.2 Å². The van der Waals surface area contributed by atoms with Crippen molar-refractivity contribution in [3.63, 3.8) is 0 Å². The van der Waals surface area contributed by atoms with Crippen molar-refractivity contribution in [2.75, 3.05) is 19.7 Å². The highest BCUT2D eigenvalue weighted by molar-refractivity contribution is 5.93. The molecule has 0 radical (unpaired) electrons. The molecule has 3 rings (SSSR count). The number of H-pyrrole nitrogens is 1. The minimum absolute atomic E-state index is 0.110. The van der Waals surface area contributed by atoms with Gasteiger partial charge in [-0.05, 0) is 37.1 Å². The van der Waals surface area contributed by atoms with E-state index in [9.17, 15) is 13.6 Å². The van der Waals surface area contributed by atoms with E-state index < -0.39 is 12.5 Å². The number of morpholine rings is 1. The fourth-order valence-electron chi connectivity index (χ4n) is 2.66. The number of hydrogen-bond donors (Lipinski definition) is 1. The van der Waals surface area contributed by atoms with E-state index in [4.69, 9.17) is 4.74 Å². The third-order valence-corrected chi connectivity index (χ3v) is 4.27. The fourth-order valence-corrected chi connectivity index (χ4v) is 2.66. The van der Waals surface area contributed by atoms with Gasteiger partial charge < -0.3 is 9.64 Å². The van der Waals surface area contributed by atoms with Crippen LogP contribution < -0.4 is 0 Å². The molecule has 1 aliphatic rings. The number of benzene rings is 1. The third-order valence-electron chi connectivity index (χ3n) is 4.27. The number of hydrogen-bond acceptors (Lipinski definition) is 3. The zero-order valence-electron chi connectivity index (χ0n) is 13.6. The Bertz CT molecular complexity index is 745. The van der Waals surface area contributed by atoms with E-state index in [1.54, 1.807) is 6.07 Å². The molecular formula is C17H19F2N3O2. The number of alkyl halides is 2. The zero-order chi connectivity index (χ0) is 17.3. The molecule has 2 heterocycles. The van der Waals surface area contributed by atoms with Gasteiger partial charge in [-0.1, -0.05) is 12.1 Å². The van der Waals surface area contributed by atoms with Crippen molar-refractivity contribution in [1.82, 2.24) is 15.1 Å². The van der Waals surface area contributed by atoms with Crippen LogP contribution >= 0.6 is 0 Å². The first kappa shape index (κ1) is 16.6. The molecule has 1 atom stereocenters. The van der Waals surface area contributed by atoms with Gasteiger partial charge in [-0.25, -0.2) is 8.78 Å². The monoisotopic (exact) mass is 335 g/mol. The average Bonchev–Trinajstić information content (AvgIpc) is 3.06. The number of carbonyl (C=O) groups is 1. The standard InChI is InChI=1S/C17H19F2N3O2/c1-10-3-4-12(7-11(10)2)13-8-14(21-20-13)17(23)22-5-6-24-15(9-22)16(18)19/h3-4,7-8,15-16H,5-6,9H2,1-2H3,(H,20,21). The predicted molar refractivity (Wildman–Crippen MR) is 85.1 cm³/mol. The van der Waals surface area contributed by atoms with Gasteiger partial charge in [0, 0.05) is 12.1 Å². The molecule has 0 aliphatic carbocycles. The number of amides is 1. The SMILES string of the molecule is Cc1ccc(-c2cc(C(=O)N3CCOC(C(F)F)C3)[nH]n2)cc1C. The van der Waals surface area contributed by atoms with Crippen LogP contribution in [0.25, 0.3) is 11.3 Å². The molecule has 1 amide bonds. The highest BCUT2D eigenvalue weighted by Gasteiger charge is 2.31. The second-order valence-electron chi connectivity index (χ2n) is 5.96. The molecule has 1 aromatic heterocycles. The van der Waals surface area contributed by atoms with E-state index in [-0.39, 0.29) is 24.8 Å². The maximum Gasteiger partial charge on any atom is 0.272 e. The molecular weight excluding hydrogens is 316 g/mol. The first-order valence-corrected chi connectivity index (χ1v) is 7.78. The van der Waals surface area contributed by atoms with E-state index in [1.807, 2.05) is 32.0 Å². The second-order valence-corrected chi connectivity index (χ2v) is 5.96. The molecule has 5 nitrogen and oxygen atoms in total. The number of carbonyl (C=O) groups excluding carboxylic acids is 1. The summed E-state index contributed by atoms with van der Waals surface area (Å²) in [6.45, 7) is 4.32. The van der Waals surface area contributed by atoms with E-state index in [2.05, 4.69) is 10.2 Å². The summed E-state index contributed by atoms with van der Waals surface area (Å²) in [4.78, 5) is 13.9. The highest BCUT2D eigenvalue weighted by Crippen LogP contribution is 2.22. The molecule has 1 N–H and O–H groups in total. The summed E-state index contributed by atoms with van der Waals surface area (Å²) in [5.41, 5.74) is 4.16. The molecule has 1 unspecified atom stereocenters. The van der Waals surface area contributed by atoms with Crippen molar-refractivity contribution in [2.24, 2.45) is 0 Å². The van der Waals surface area contributed by atoms with Crippen LogP contribution in [-0.2, 0) is 4.74 Å². The number of aromatic nitrogens is 2. The van der Waals surface area contributed by atoms with Gasteiger partial charge in [-0.3, -0.25) is 9.89 Å². The molecule has 1 aliphatic heterocycles. The number of ether oxygens (including phenoxy) is 1. The van der Waals surface area contributed by atoms with Gasteiger partial charge in [0.25, 0.3) is 12.3 Å². The number of halogens is 2. The van der Waals surface area contributed by atoms with Crippen molar-refractivity contribution in [2.45, 2.75) is 26.4 Å². The van der Waals surface area contributed by atoms with Crippen molar-refractivity contribution in [3.05, 3.63) is 41.1 Å². The van der Waals surface area contributed by atoms with Crippen LogP contribution in [0.4, 0.5) is 8.78 Å². The molecule has 128 valence electrons. The second kappa shape index (κ2) is 6.68. The van der Waals surface area contributed by atoms with Gasteiger partial charge in [0.1, 0.15) is 11.8 Å². The smallest absolute Gasteiger partial charge is 0.272 e. The molecule has 0 spiro atoms. The van der Waals surface area contributed by atoms with E-state index in [0.29, 0.717) is 12.2 Å². The Morgan fingerprint density at radius 1 is 1.33 bits per heavy atom. The van der Waals surface area contributed by atoms with Crippen LogP contribution in [0.3, 0.4) is 0 Å². The Kier molecular flexibility index (Phi) is 4.62. The number of aryl methyl sites for hydroxylation is 2. The van der Waals surface area contributed by atoms with Crippen LogP contribution in [0.1, 0.15) is 21.6 Å². The maximum absolute atomic E-state index is 12.8. The largest absolute Gasteiger partial charge is 0.369 e. The van der Waals surface area contributed by atoms with Crippen molar-refractivity contribution >= 4 is 5.91 Å². The lowest BCUT2D eigenvalue weighted by molar-refractivity contribution is -0.0943.